The predicted molar refractivity (Wildman–Crippen MR) is 261 cm³/mol. The highest BCUT2D eigenvalue weighted by molar-refractivity contribution is 7.61. The van der Waals surface area contributed by atoms with Gasteiger partial charge in [0.05, 0.1) is 26.4 Å². The average molecular weight is 1090 g/mol. The molecule has 0 radical (unpaired) electrons. The maximum atomic E-state index is 13.2. The van der Waals surface area contributed by atoms with Crippen molar-refractivity contribution in [2.45, 2.75) is 205 Å². The summed E-state index contributed by atoms with van der Waals surface area (Å²) >= 11 is 0. The Morgan fingerprint density at radius 3 is 1.48 bits per heavy atom. The monoisotopic (exact) mass is 1090 g/mol. The van der Waals surface area contributed by atoms with Crippen molar-refractivity contribution < 1.29 is 106 Å². The van der Waals surface area contributed by atoms with Crippen LogP contribution in [0, 0.1) is 5.92 Å². The Morgan fingerprint density at radius 1 is 0.562 bits per heavy atom. The van der Waals surface area contributed by atoms with E-state index in [1.54, 1.807) is 0 Å². The number of nitrogens with one attached hydrogen (secondary N) is 2. The molecule has 0 spiro atoms. The molecule has 0 aliphatic carbocycles. The number of aliphatic hydroxyl groups excluding tert-OH is 8. The first-order chi connectivity index (χ1) is 34.2. The van der Waals surface area contributed by atoms with Gasteiger partial charge in [-0.3, -0.25) is 18.6 Å². The summed E-state index contributed by atoms with van der Waals surface area (Å²) in [7, 11) is -11.0. The standard InChI is InChI=1S/C47H82N2O22P2/c1-26(2)13-9-14-27(3)15-10-16-28(4)17-11-18-29(5)19-12-20-30(6)21-22-64-72(60,61)71-73(62,63)70-46-37(49-32(8)54)40(57)43(35(25-52)67-46)68-45-36(48-31(7)53)39(56)44(34(24-51)66-45)69-47-42(59)41(58)38(55)33(23-50)65-47/h13,15,17,19,30,33-47,50-52,55-59H,9-12,14,16,18,20-25H2,1-8H3,(H,48,53)(H,49,54)(H,60,61)(H,62,63)/b27-15+,28-17+,29-19-/t30?,33-,34-,35-,36-,37-,38-,39-,40-,41+,42+,43-,44-,45+,46-,47-/m1/s1. The van der Waals surface area contributed by atoms with E-state index < -0.39 is 139 Å². The van der Waals surface area contributed by atoms with Crippen LogP contribution in [0.1, 0.15) is 113 Å². The Balaban J connectivity index is 1.59. The van der Waals surface area contributed by atoms with Gasteiger partial charge < -0.3 is 85.0 Å². The summed E-state index contributed by atoms with van der Waals surface area (Å²) in [5.41, 5.74) is 5.33. The van der Waals surface area contributed by atoms with E-state index in [1.807, 2.05) is 6.92 Å². The van der Waals surface area contributed by atoms with E-state index in [0.29, 0.717) is 0 Å². The van der Waals surface area contributed by atoms with Gasteiger partial charge in [0.25, 0.3) is 0 Å². The zero-order valence-corrected chi connectivity index (χ0v) is 44.8. The van der Waals surface area contributed by atoms with Crippen molar-refractivity contribution in [3.05, 3.63) is 46.6 Å². The van der Waals surface area contributed by atoms with Crippen molar-refractivity contribution in [1.29, 1.82) is 0 Å². The molecule has 18 atom stereocenters. The third-order valence-corrected chi connectivity index (χ3v) is 15.1. The van der Waals surface area contributed by atoms with Crippen molar-refractivity contribution in [1.82, 2.24) is 10.6 Å². The SMILES string of the molecule is CC(=O)N[C@H]1[C@H](O[C@H]2[C@H](O)[C@@H](NC(C)=O)[C@@H](OP(=O)(O)OP(=O)(O)OCCC(C)CC/C=C(/C)CC/C=C(\C)CC/C=C(\C)CCC=C(C)C)O[C@@H]2CO)O[C@H](CO)[C@@H](O[C@H]2O[C@H](CO)[C@@H](O)[C@H](O)[C@@H]2O)[C@@H]1O. The van der Waals surface area contributed by atoms with Crippen LogP contribution in [0.5, 0.6) is 0 Å². The molecule has 0 bridgehead atoms. The van der Waals surface area contributed by atoms with Gasteiger partial charge in [-0.25, -0.2) is 9.13 Å². The van der Waals surface area contributed by atoms with Crippen molar-refractivity contribution in [2.24, 2.45) is 5.92 Å². The van der Waals surface area contributed by atoms with Crippen LogP contribution in [0.25, 0.3) is 0 Å². The van der Waals surface area contributed by atoms with Crippen LogP contribution in [0.2, 0.25) is 0 Å². The van der Waals surface area contributed by atoms with Gasteiger partial charge in [0.2, 0.25) is 11.8 Å². The number of ether oxygens (including phenoxy) is 5. The molecule has 3 unspecified atom stereocenters. The summed E-state index contributed by atoms with van der Waals surface area (Å²) in [6.45, 7) is 11.4. The molecular weight excluding hydrogens is 1010 g/mol. The van der Waals surface area contributed by atoms with Crippen LogP contribution in [0.3, 0.4) is 0 Å². The van der Waals surface area contributed by atoms with Gasteiger partial charge in [0.15, 0.2) is 18.9 Å². The van der Waals surface area contributed by atoms with Crippen molar-refractivity contribution in [2.75, 3.05) is 26.4 Å². The lowest BCUT2D eigenvalue weighted by molar-refractivity contribution is -0.360. The number of phosphoric ester groups is 2. The van der Waals surface area contributed by atoms with E-state index in [4.69, 9.17) is 32.7 Å². The number of hydrogen-bond donors (Lipinski definition) is 12. The van der Waals surface area contributed by atoms with E-state index in [0.717, 1.165) is 65.2 Å². The topological polar surface area (TPSA) is 368 Å². The van der Waals surface area contributed by atoms with Crippen molar-refractivity contribution in [3.8, 4) is 0 Å². The van der Waals surface area contributed by atoms with Gasteiger partial charge in [0.1, 0.15) is 73.1 Å². The van der Waals surface area contributed by atoms with Crippen LogP contribution in [0.4, 0.5) is 0 Å². The average Bonchev–Trinajstić information content (AvgIpc) is 3.29. The van der Waals surface area contributed by atoms with Gasteiger partial charge in [-0.15, -0.1) is 0 Å². The fraction of sp³-hybridized carbons (Fsp3) is 0.787. The second kappa shape index (κ2) is 31.1. The minimum Gasteiger partial charge on any atom is -0.394 e. The Morgan fingerprint density at radius 2 is 1.00 bits per heavy atom. The zero-order chi connectivity index (χ0) is 54.8. The van der Waals surface area contributed by atoms with Crippen molar-refractivity contribution in [3.63, 3.8) is 0 Å². The molecule has 12 N–H and O–H groups in total. The highest BCUT2D eigenvalue weighted by atomic mass is 31.3. The number of carbonyl (C=O) groups is 2. The first kappa shape index (κ1) is 64.9. The molecule has 2 amide bonds. The van der Waals surface area contributed by atoms with Crippen LogP contribution < -0.4 is 10.6 Å². The van der Waals surface area contributed by atoms with E-state index in [1.165, 1.54) is 22.3 Å². The highest BCUT2D eigenvalue weighted by Crippen LogP contribution is 2.61. The molecule has 3 fully saturated rings. The number of hydrogen-bond acceptors (Lipinski definition) is 20. The molecule has 3 saturated heterocycles. The van der Waals surface area contributed by atoms with Gasteiger partial charge in [0, 0.05) is 13.8 Å². The summed E-state index contributed by atoms with van der Waals surface area (Å²) < 4.78 is 69.1. The largest absolute Gasteiger partial charge is 0.483 e. The molecule has 0 saturated carbocycles. The lowest BCUT2D eigenvalue weighted by Crippen LogP contribution is -2.70. The third-order valence-electron chi connectivity index (χ3n) is 12.5. The quantitative estimate of drug-likeness (QED) is 0.0376. The number of aliphatic hydroxyl groups is 8. The van der Waals surface area contributed by atoms with Crippen molar-refractivity contribution >= 4 is 27.5 Å². The Labute approximate surface area is 427 Å². The van der Waals surface area contributed by atoms with Gasteiger partial charge in [-0.1, -0.05) is 53.5 Å². The molecule has 3 rings (SSSR count). The first-order valence-electron chi connectivity index (χ1n) is 24.6. The maximum Gasteiger partial charge on any atom is 0.483 e. The number of carbonyl (C=O) groups excluding carboxylic acids is 2. The third kappa shape index (κ3) is 21.5. The van der Waals surface area contributed by atoms with Gasteiger partial charge >= 0.3 is 15.6 Å². The molecule has 422 valence electrons. The highest BCUT2D eigenvalue weighted by Gasteiger charge is 2.55. The Bertz CT molecular complexity index is 1950. The maximum absolute atomic E-state index is 13.2. The number of rotatable bonds is 29. The fourth-order valence-corrected chi connectivity index (χ4v) is 10.5. The molecule has 73 heavy (non-hydrogen) atoms. The minimum atomic E-state index is -5.68. The first-order valence-corrected chi connectivity index (χ1v) is 27.6. The van der Waals surface area contributed by atoms with Crippen LogP contribution in [-0.2, 0) is 55.8 Å². The van der Waals surface area contributed by atoms with Crippen LogP contribution in [0.15, 0.2) is 46.6 Å². The van der Waals surface area contributed by atoms with E-state index in [-0.39, 0.29) is 18.9 Å². The Kier molecular flexibility index (Phi) is 27.7. The molecule has 0 aromatic carbocycles. The lowest BCUT2D eigenvalue weighted by atomic mass is 9.94. The molecule has 3 aliphatic heterocycles. The second-order valence-corrected chi connectivity index (χ2v) is 22.3. The molecule has 24 nitrogen and oxygen atoms in total. The number of allylic oxidation sites excluding steroid dienone is 8. The summed E-state index contributed by atoms with van der Waals surface area (Å²) in [6.07, 6.45) is -6.95. The zero-order valence-electron chi connectivity index (χ0n) is 43.0. The number of phosphoric acid groups is 2. The molecule has 3 aliphatic rings. The smallest absolute Gasteiger partial charge is 0.394 e. The lowest BCUT2D eigenvalue weighted by Gasteiger charge is -2.49. The van der Waals surface area contributed by atoms with E-state index in [2.05, 4.69) is 73.9 Å². The van der Waals surface area contributed by atoms with Gasteiger partial charge in [-0.05, 0) is 98.3 Å². The predicted octanol–water partition coefficient (Wildman–Crippen LogP) is 1.93. The number of amides is 2. The second-order valence-electron chi connectivity index (χ2n) is 19.3. The summed E-state index contributed by atoms with van der Waals surface area (Å²) in [5, 5.41) is 89.0. The van der Waals surface area contributed by atoms with E-state index >= 15 is 0 Å². The van der Waals surface area contributed by atoms with Gasteiger partial charge in [-0.2, -0.15) is 4.31 Å². The molecular formula is C47H82N2O22P2. The molecule has 0 aromatic heterocycles. The minimum absolute atomic E-state index is 0.0135. The molecule has 0 aromatic rings. The summed E-state index contributed by atoms with van der Waals surface area (Å²) in [5.74, 6) is -1.63. The summed E-state index contributed by atoms with van der Waals surface area (Å²) in [6, 6.07) is -3.52. The van der Waals surface area contributed by atoms with E-state index in [9.17, 15) is 69.4 Å². The molecule has 3 heterocycles. The van der Waals surface area contributed by atoms with Crippen LogP contribution in [-0.4, -0.2) is 181 Å². The normalized spacial score (nSPS) is 33.6. The Hall–Kier alpha value is -2.36. The summed E-state index contributed by atoms with van der Waals surface area (Å²) in [4.78, 5) is 45.8. The molecule has 26 heteroatoms. The van der Waals surface area contributed by atoms with Crippen LogP contribution >= 0.6 is 15.6 Å². The fourth-order valence-electron chi connectivity index (χ4n) is 8.36.